The Morgan fingerprint density at radius 2 is 1.44 bits per heavy atom. The molecule has 0 radical (unpaired) electrons. The van der Waals surface area contributed by atoms with Crippen molar-refractivity contribution in [3.05, 3.63) is 0 Å². The first-order chi connectivity index (χ1) is 12.7. The summed E-state index contributed by atoms with van der Waals surface area (Å²) in [4.78, 5) is 12.4. The molecule has 0 aromatic carbocycles. The van der Waals surface area contributed by atoms with Crippen LogP contribution < -0.4 is 0 Å². The number of carbonyl (C=O) groups excluding carboxylic acids is 1. The SMILES string of the molecule is CCCCCCC1(O)CCCCCCCCCCC1=O.C[N+](C)(C)CCO. The van der Waals surface area contributed by atoms with Gasteiger partial charge in [0, 0.05) is 6.42 Å². The van der Waals surface area contributed by atoms with Crippen molar-refractivity contribution in [3.63, 3.8) is 0 Å². The number of ketones is 1. The van der Waals surface area contributed by atoms with E-state index >= 15 is 0 Å². The van der Waals surface area contributed by atoms with Gasteiger partial charge in [-0.2, -0.15) is 0 Å². The van der Waals surface area contributed by atoms with Gasteiger partial charge in [0.1, 0.15) is 12.1 Å². The van der Waals surface area contributed by atoms with E-state index in [1.165, 1.54) is 44.9 Å². The van der Waals surface area contributed by atoms with Gasteiger partial charge in [-0.05, 0) is 19.3 Å². The number of hydrogen-bond donors (Lipinski definition) is 2. The predicted molar refractivity (Wildman–Crippen MR) is 115 cm³/mol. The van der Waals surface area contributed by atoms with Crippen molar-refractivity contribution in [2.45, 2.75) is 109 Å². The van der Waals surface area contributed by atoms with Gasteiger partial charge in [0.25, 0.3) is 0 Å². The number of unbranched alkanes of at least 4 members (excludes halogenated alkanes) is 3. The molecule has 1 fully saturated rings. The van der Waals surface area contributed by atoms with Crippen LogP contribution in [0.1, 0.15) is 103 Å². The molecule has 1 aliphatic rings. The molecule has 0 amide bonds. The van der Waals surface area contributed by atoms with Gasteiger partial charge in [0.2, 0.25) is 0 Å². The van der Waals surface area contributed by atoms with Crippen LogP contribution in [0, 0.1) is 0 Å². The number of rotatable bonds is 7. The highest BCUT2D eigenvalue weighted by Gasteiger charge is 2.33. The maximum absolute atomic E-state index is 12.4. The molecule has 0 aromatic rings. The highest BCUT2D eigenvalue weighted by atomic mass is 16.3. The predicted octanol–water partition coefficient (Wildman–Crippen LogP) is 4.86. The first-order valence-electron chi connectivity index (χ1n) is 11.4. The van der Waals surface area contributed by atoms with E-state index in [2.05, 4.69) is 28.1 Å². The van der Waals surface area contributed by atoms with E-state index in [0.29, 0.717) is 19.3 Å². The standard InChI is InChI=1S/C18H34O2.C5H14NO/c1-2-3-4-12-15-18(20)16-13-10-8-6-5-7-9-11-14-17(18)19;1-6(2,3)4-5-7/h20H,2-16H2,1H3;7H,4-5H2,1-3H3/q;+1. The van der Waals surface area contributed by atoms with E-state index < -0.39 is 5.60 Å². The topological polar surface area (TPSA) is 57.5 Å². The number of nitrogens with zero attached hydrogens (tertiary/aromatic N) is 1. The second kappa shape index (κ2) is 15.5. The summed E-state index contributed by atoms with van der Waals surface area (Å²) in [5.41, 5.74) is -1.01. The molecule has 1 aliphatic carbocycles. The maximum atomic E-state index is 12.4. The zero-order valence-electron chi connectivity index (χ0n) is 18.8. The Hall–Kier alpha value is -0.450. The number of aliphatic hydroxyl groups excluding tert-OH is 1. The lowest BCUT2D eigenvalue weighted by atomic mass is 9.83. The molecule has 0 bridgehead atoms. The zero-order chi connectivity index (χ0) is 20.6. The molecular weight excluding hydrogens is 338 g/mol. The minimum absolute atomic E-state index is 0.120. The summed E-state index contributed by atoms with van der Waals surface area (Å²) in [6, 6.07) is 0. The molecule has 27 heavy (non-hydrogen) atoms. The van der Waals surface area contributed by atoms with Crippen molar-refractivity contribution in [1.82, 2.24) is 0 Å². The van der Waals surface area contributed by atoms with Crippen LogP contribution in [0.15, 0.2) is 0 Å². The summed E-state index contributed by atoms with van der Waals surface area (Å²) < 4.78 is 0.844. The zero-order valence-corrected chi connectivity index (χ0v) is 18.8. The average Bonchev–Trinajstić information content (AvgIpc) is 2.58. The van der Waals surface area contributed by atoms with Crippen LogP contribution in [0.25, 0.3) is 0 Å². The highest BCUT2D eigenvalue weighted by molar-refractivity contribution is 5.86. The highest BCUT2D eigenvalue weighted by Crippen LogP contribution is 2.27. The van der Waals surface area contributed by atoms with Crippen molar-refractivity contribution >= 4 is 5.78 Å². The number of Topliss-reactive ketones (excluding diaryl/α,β-unsaturated/α-hetero) is 1. The quantitative estimate of drug-likeness (QED) is 0.485. The number of aliphatic hydroxyl groups is 2. The van der Waals surface area contributed by atoms with Crippen molar-refractivity contribution in [1.29, 1.82) is 0 Å². The number of likely N-dealkylation sites (N-methyl/N-ethyl adjacent to an activating group) is 1. The fourth-order valence-electron chi connectivity index (χ4n) is 3.54. The molecular formula is C23H48NO3+. The lowest BCUT2D eigenvalue weighted by molar-refractivity contribution is -0.870. The monoisotopic (exact) mass is 386 g/mol. The third-order valence-corrected chi connectivity index (χ3v) is 5.48. The molecule has 1 atom stereocenters. The van der Waals surface area contributed by atoms with Gasteiger partial charge in [-0.25, -0.2) is 0 Å². The van der Waals surface area contributed by atoms with E-state index in [-0.39, 0.29) is 12.4 Å². The molecule has 0 aliphatic heterocycles. The minimum Gasteiger partial charge on any atom is -0.391 e. The Bertz CT molecular complexity index is 361. The first-order valence-corrected chi connectivity index (χ1v) is 11.4. The number of hydrogen-bond acceptors (Lipinski definition) is 3. The van der Waals surface area contributed by atoms with Crippen LogP contribution in [0.3, 0.4) is 0 Å². The van der Waals surface area contributed by atoms with Crippen molar-refractivity contribution in [3.8, 4) is 0 Å². The third-order valence-electron chi connectivity index (χ3n) is 5.48. The Morgan fingerprint density at radius 3 is 1.93 bits per heavy atom. The average molecular weight is 387 g/mol. The first kappa shape index (κ1) is 26.6. The van der Waals surface area contributed by atoms with Gasteiger partial charge < -0.3 is 14.7 Å². The van der Waals surface area contributed by atoms with Crippen LogP contribution in [0.5, 0.6) is 0 Å². The molecule has 0 spiro atoms. The second-order valence-corrected chi connectivity index (χ2v) is 9.33. The van der Waals surface area contributed by atoms with E-state index in [9.17, 15) is 9.90 Å². The minimum atomic E-state index is -1.01. The third kappa shape index (κ3) is 15.2. The Labute approximate surface area is 168 Å². The van der Waals surface area contributed by atoms with Crippen LogP contribution in [0.2, 0.25) is 0 Å². The smallest absolute Gasteiger partial charge is 0.164 e. The van der Waals surface area contributed by atoms with E-state index in [4.69, 9.17) is 5.11 Å². The Morgan fingerprint density at radius 1 is 0.889 bits per heavy atom. The summed E-state index contributed by atoms with van der Waals surface area (Å²) in [6.45, 7) is 3.30. The fourth-order valence-corrected chi connectivity index (χ4v) is 3.54. The van der Waals surface area contributed by atoms with Gasteiger partial charge in [-0.1, -0.05) is 77.6 Å². The largest absolute Gasteiger partial charge is 0.391 e. The van der Waals surface area contributed by atoms with Crippen molar-refractivity contribution < 1.29 is 19.5 Å². The normalized spacial score (nSPS) is 23.0. The summed E-state index contributed by atoms with van der Waals surface area (Å²) in [5.74, 6) is 0.120. The van der Waals surface area contributed by atoms with Gasteiger partial charge in [-0.3, -0.25) is 4.79 Å². The van der Waals surface area contributed by atoms with E-state index in [1.54, 1.807) is 0 Å². The van der Waals surface area contributed by atoms with Crippen molar-refractivity contribution in [2.24, 2.45) is 0 Å². The second-order valence-electron chi connectivity index (χ2n) is 9.33. The molecule has 0 saturated heterocycles. The molecule has 4 nitrogen and oxygen atoms in total. The molecule has 1 rings (SSSR count). The van der Waals surface area contributed by atoms with Gasteiger partial charge in [0.15, 0.2) is 5.78 Å². The lowest BCUT2D eigenvalue weighted by Crippen LogP contribution is -2.38. The van der Waals surface area contributed by atoms with E-state index in [1.807, 2.05) is 0 Å². The molecule has 1 unspecified atom stereocenters. The van der Waals surface area contributed by atoms with E-state index in [0.717, 1.165) is 43.1 Å². The molecule has 0 aromatic heterocycles. The molecule has 2 N–H and O–H groups in total. The van der Waals surface area contributed by atoms with Crippen molar-refractivity contribution in [2.75, 3.05) is 34.3 Å². The fraction of sp³-hybridized carbons (Fsp3) is 0.957. The summed E-state index contributed by atoms with van der Waals surface area (Å²) >= 11 is 0. The summed E-state index contributed by atoms with van der Waals surface area (Å²) in [6.07, 6.45) is 16.0. The van der Waals surface area contributed by atoms with Gasteiger partial charge >= 0.3 is 0 Å². The lowest BCUT2D eigenvalue weighted by Gasteiger charge is -2.27. The summed E-state index contributed by atoms with van der Waals surface area (Å²) in [7, 11) is 6.16. The summed E-state index contributed by atoms with van der Waals surface area (Å²) in [5, 5.41) is 19.2. The Kier molecular flexibility index (Phi) is 15.2. The Balaban J connectivity index is 0.000000821. The maximum Gasteiger partial charge on any atom is 0.164 e. The van der Waals surface area contributed by atoms with Crippen LogP contribution in [-0.2, 0) is 4.79 Å². The van der Waals surface area contributed by atoms with Crippen LogP contribution >= 0.6 is 0 Å². The van der Waals surface area contributed by atoms with Crippen LogP contribution in [0.4, 0.5) is 0 Å². The number of carbonyl (C=O) groups is 1. The van der Waals surface area contributed by atoms with Gasteiger partial charge in [0.05, 0.1) is 27.7 Å². The molecule has 4 heteroatoms. The molecule has 0 heterocycles. The van der Waals surface area contributed by atoms with Gasteiger partial charge in [-0.15, -0.1) is 0 Å². The van der Waals surface area contributed by atoms with Crippen LogP contribution in [-0.4, -0.2) is 60.4 Å². The molecule has 162 valence electrons. The molecule has 1 saturated carbocycles. The number of quaternary nitrogens is 1.